The number of hydrogen-bond acceptors (Lipinski definition) is 7. The first-order valence-electron chi connectivity index (χ1n) is 11.7. The van der Waals surface area contributed by atoms with Crippen LogP contribution in [0.3, 0.4) is 0 Å². The Morgan fingerprint density at radius 2 is 2.00 bits per heavy atom. The van der Waals surface area contributed by atoms with Crippen molar-refractivity contribution in [3.63, 3.8) is 0 Å². The number of carbonyl (C=O) groups excluding carboxylic acids is 2. The Hall–Kier alpha value is -2.18. The molecular weight excluding hydrogens is 640 g/mol. The largest absolute Gasteiger partial charge is 0.469 e. The first kappa shape index (κ1) is 32.0. The molecule has 2 aromatic rings. The fourth-order valence-corrected chi connectivity index (χ4v) is 5.00. The zero-order valence-electron chi connectivity index (χ0n) is 21.4. The third kappa shape index (κ3) is 8.67. The summed E-state index contributed by atoms with van der Waals surface area (Å²) in [7, 11) is -4.68. The van der Waals surface area contributed by atoms with E-state index in [1.165, 1.54) is 4.57 Å². The molecule has 0 radical (unpaired) electrons. The number of phosphoric ester groups is 1. The molecule has 210 valence electrons. The summed E-state index contributed by atoms with van der Waals surface area (Å²) in [4.78, 5) is 48.4. The predicted octanol–water partition coefficient (Wildman–Crippen LogP) is 5.08. The average molecular weight is 670 g/mol. The fourth-order valence-electron chi connectivity index (χ4n) is 3.49. The number of esters is 1. The van der Waals surface area contributed by atoms with E-state index in [1.54, 1.807) is 6.07 Å². The van der Waals surface area contributed by atoms with Gasteiger partial charge in [-0.3, -0.25) is 18.7 Å². The zero-order valence-corrected chi connectivity index (χ0v) is 24.5. The molecule has 0 aliphatic heterocycles. The normalized spacial score (nSPS) is 12.8. The molecule has 1 unspecified atom stereocenters. The molecule has 1 heterocycles. The molecule has 2 N–H and O–H groups in total. The lowest BCUT2D eigenvalue weighted by atomic mass is 9.92. The van der Waals surface area contributed by atoms with E-state index in [-0.39, 0.29) is 36.2 Å². The summed E-state index contributed by atoms with van der Waals surface area (Å²) in [6.45, 7) is 6.32. The van der Waals surface area contributed by atoms with E-state index >= 15 is 4.39 Å². The van der Waals surface area contributed by atoms with Crippen LogP contribution in [-0.2, 0) is 23.4 Å². The highest BCUT2D eigenvalue weighted by Crippen LogP contribution is 2.37. The fraction of sp³-hybridized carbons (Fsp3) is 0.565. The highest BCUT2D eigenvalue weighted by Gasteiger charge is 2.32. The van der Waals surface area contributed by atoms with E-state index in [0.717, 1.165) is 11.0 Å². The Kier molecular flexibility index (Phi) is 11.2. The minimum Gasteiger partial charge on any atom is -0.444 e. The highest BCUT2D eigenvalue weighted by atomic mass is 127. The van der Waals surface area contributed by atoms with E-state index in [2.05, 4.69) is 9.51 Å². The van der Waals surface area contributed by atoms with E-state index in [9.17, 15) is 23.8 Å². The van der Waals surface area contributed by atoms with Crippen LogP contribution in [0.4, 0.5) is 14.7 Å². The lowest BCUT2D eigenvalue weighted by Gasteiger charge is -2.27. The molecule has 0 aliphatic rings. The van der Waals surface area contributed by atoms with Gasteiger partial charge in [-0.1, -0.05) is 56.7 Å². The molecule has 0 aliphatic carbocycles. The van der Waals surface area contributed by atoms with Crippen LogP contribution < -0.4 is 4.90 Å². The molecular formula is C23H30F2IN4O7P. The van der Waals surface area contributed by atoms with Gasteiger partial charge in [-0.15, -0.1) is 0 Å². The molecule has 2 rings (SSSR count). The average Bonchev–Trinajstić information content (AvgIpc) is 3.19. The number of halogens is 3. The number of imidazole rings is 1. The molecule has 15 heteroatoms. The number of fused-ring (bicyclic) bond motifs is 1. The van der Waals surface area contributed by atoms with E-state index in [1.807, 2.05) is 50.3 Å². The van der Waals surface area contributed by atoms with Crippen LogP contribution in [0.1, 0.15) is 69.4 Å². The number of benzene rings is 1. The Balaban J connectivity index is 2.52. The maximum absolute atomic E-state index is 15.3. The van der Waals surface area contributed by atoms with Gasteiger partial charge in [0.1, 0.15) is 17.1 Å². The molecule has 0 fully saturated rings. The van der Waals surface area contributed by atoms with Gasteiger partial charge in [0, 0.05) is 12.8 Å². The van der Waals surface area contributed by atoms with Gasteiger partial charge in [0.15, 0.2) is 18.4 Å². The molecule has 0 spiro atoms. The third-order valence-corrected chi connectivity index (χ3v) is 6.82. The summed E-state index contributed by atoms with van der Waals surface area (Å²) in [5, 5.41) is 9.28. The lowest BCUT2D eigenvalue weighted by molar-refractivity contribution is -0.144. The molecule has 38 heavy (non-hydrogen) atoms. The second kappa shape index (κ2) is 13.3. The van der Waals surface area contributed by atoms with Crippen molar-refractivity contribution in [3.8, 4) is 6.07 Å². The van der Waals surface area contributed by atoms with Gasteiger partial charge in [0.25, 0.3) is 0 Å². The number of amides is 1. The van der Waals surface area contributed by atoms with Crippen molar-refractivity contribution in [1.29, 1.82) is 5.26 Å². The van der Waals surface area contributed by atoms with Crippen molar-refractivity contribution >= 4 is 59.3 Å². The maximum Gasteiger partial charge on any atom is 0.469 e. The van der Waals surface area contributed by atoms with Crippen molar-refractivity contribution in [2.45, 2.75) is 63.8 Å². The smallest absolute Gasteiger partial charge is 0.444 e. The standard InChI is InChI=1S/C23H30F2IN4O7P/c1-5-7-16(26)30-21-19(25)14(12-27)10-15(24)20(21)28-22(30)29(17(31)11-23(2,3)4)13-36-18(32)8-6-9-37-38(33,34)35/h10,16H,5-9,11,13H2,1-4H3,(H2,33,34,35). The van der Waals surface area contributed by atoms with Crippen molar-refractivity contribution in [2.24, 2.45) is 5.41 Å². The van der Waals surface area contributed by atoms with Crippen LogP contribution in [0.15, 0.2) is 6.07 Å². The van der Waals surface area contributed by atoms with Crippen LogP contribution in [0.5, 0.6) is 0 Å². The lowest BCUT2D eigenvalue weighted by Crippen LogP contribution is -2.38. The molecule has 1 atom stereocenters. The molecule has 0 bridgehead atoms. The van der Waals surface area contributed by atoms with Gasteiger partial charge in [-0.05, 0) is 24.3 Å². The van der Waals surface area contributed by atoms with E-state index < -0.39 is 59.7 Å². The highest BCUT2D eigenvalue weighted by molar-refractivity contribution is 14.1. The van der Waals surface area contributed by atoms with Gasteiger partial charge < -0.3 is 14.5 Å². The summed E-state index contributed by atoms with van der Waals surface area (Å²) >= 11 is 2.01. The Bertz CT molecular complexity index is 1270. The van der Waals surface area contributed by atoms with E-state index in [0.29, 0.717) is 12.8 Å². The molecule has 0 saturated heterocycles. The summed E-state index contributed by atoms with van der Waals surface area (Å²) in [6.07, 6.45) is 0.821. The molecule has 1 aromatic heterocycles. The molecule has 0 saturated carbocycles. The van der Waals surface area contributed by atoms with Gasteiger partial charge >= 0.3 is 13.8 Å². The second-order valence-electron chi connectivity index (χ2n) is 9.67. The summed E-state index contributed by atoms with van der Waals surface area (Å²) < 4.78 is 51.4. The number of nitriles is 1. The van der Waals surface area contributed by atoms with Crippen LogP contribution in [0, 0.1) is 28.4 Å². The quantitative estimate of drug-likeness (QED) is 0.0786. The number of nitrogens with zero attached hydrogens (tertiary/aromatic N) is 4. The topological polar surface area (TPSA) is 155 Å². The number of hydrogen-bond donors (Lipinski definition) is 2. The monoisotopic (exact) mass is 670 g/mol. The zero-order chi connectivity index (χ0) is 28.8. The van der Waals surface area contributed by atoms with Crippen LogP contribution in [-0.4, -0.2) is 44.6 Å². The predicted molar refractivity (Wildman–Crippen MR) is 142 cm³/mol. The number of aromatic nitrogens is 2. The summed E-state index contributed by atoms with van der Waals surface area (Å²) in [6, 6.07) is 2.36. The first-order valence-corrected chi connectivity index (χ1v) is 14.5. The number of phosphoric acid groups is 1. The van der Waals surface area contributed by atoms with Crippen molar-refractivity contribution in [2.75, 3.05) is 18.2 Å². The first-order chi connectivity index (χ1) is 17.6. The van der Waals surface area contributed by atoms with Crippen LogP contribution in [0.2, 0.25) is 0 Å². The number of ether oxygens (including phenoxy) is 1. The number of carbonyl (C=O) groups is 2. The minimum atomic E-state index is -4.68. The molecule has 11 nitrogen and oxygen atoms in total. The van der Waals surface area contributed by atoms with Crippen molar-refractivity contribution in [1.82, 2.24) is 9.55 Å². The summed E-state index contributed by atoms with van der Waals surface area (Å²) in [5.41, 5.74) is -1.66. The molecule has 1 amide bonds. The maximum atomic E-state index is 15.3. The van der Waals surface area contributed by atoms with Crippen molar-refractivity contribution < 1.29 is 42.0 Å². The Labute approximate surface area is 232 Å². The van der Waals surface area contributed by atoms with Crippen molar-refractivity contribution in [3.05, 3.63) is 23.3 Å². The van der Waals surface area contributed by atoms with Crippen LogP contribution in [0.25, 0.3) is 11.0 Å². The number of rotatable bonds is 12. The molecule has 1 aromatic carbocycles. The third-order valence-electron chi connectivity index (χ3n) is 5.13. The minimum absolute atomic E-state index is 0.0159. The van der Waals surface area contributed by atoms with E-state index in [4.69, 9.17) is 14.5 Å². The van der Waals surface area contributed by atoms with Gasteiger partial charge in [0.05, 0.1) is 16.2 Å². The SMILES string of the molecule is CCCC(I)n1c(N(COC(=O)CCCOP(=O)(O)O)C(=O)CC(C)(C)C)nc2c(F)cc(C#N)c(F)c21. The number of anilines is 1. The van der Waals surface area contributed by atoms with Gasteiger partial charge in [-0.2, -0.15) is 5.26 Å². The second-order valence-corrected chi connectivity index (χ2v) is 12.3. The van der Waals surface area contributed by atoms with Gasteiger partial charge in [0.2, 0.25) is 11.9 Å². The van der Waals surface area contributed by atoms with Crippen LogP contribution >= 0.6 is 30.4 Å². The Morgan fingerprint density at radius 3 is 2.55 bits per heavy atom. The summed E-state index contributed by atoms with van der Waals surface area (Å²) in [5.74, 6) is -3.38. The number of alkyl halides is 1. The Morgan fingerprint density at radius 1 is 1.34 bits per heavy atom. The van der Waals surface area contributed by atoms with Gasteiger partial charge in [-0.25, -0.2) is 23.2 Å².